The summed E-state index contributed by atoms with van der Waals surface area (Å²) in [7, 11) is 1.70. The predicted octanol–water partition coefficient (Wildman–Crippen LogP) is 4.74. The number of aryl methyl sites for hydroxylation is 1. The first-order valence-electron chi connectivity index (χ1n) is 12.5. The number of carbonyl (C=O) groups excluding carboxylic acids is 2. The average Bonchev–Trinajstić information content (AvgIpc) is 3.05. The van der Waals surface area contributed by atoms with Crippen molar-refractivity contribution in [3.8, 4) is 0 Å². The van der Waals surface area contributed by atoms with E-state index in [1.165, 1.54) is 11.6 Å². The molecule has 0 saturated carbocycles. The fourth-order valence-corrected chi connectivity index (χ4v) is 5.15. The second-order valence-electron chi connectivity index (χ2n) is 9.59. The normalized spacial score (nSPS) is 18.3. The van der Waals surface area contributed by atoms with Crippen molar-refractivity contribution in [3.63, 3.8) is 0 Å². The highest BCUT2D eigenvalue weighted by Gasteiger charge is 2.27. The Hall–Kier alpha value is -3.84. The number of hydrogen-bond donors (Lipinski definition) is 3. The Morgan fingerprint density at radius 3 is 2.68 bits per heavy atom. The zero-order valence-electron chi connectivity index (χ0n) is 20.6. The maximum Gasteiger partial charge on any atom is 0.249 e. The molecule has 3 heterocycles. The van der Waals surface area contributed by atoms with Gasteiger partial charge >= 0.3 is 0 Å². The Balaban J connectivity index is 1.50. The van der Waals surface area contributed by atoms with Crippen LogP contribution in [0.25, 0.3) is 11.0 Å². The van der Waals surface area contributed by atoms with Crippen LogP contribution in [0.5, 0.6) is 0 Å². The maximum atomic E-state index is 13.6. The van der Waals surface area contributed by atoms with E-state index in [-0.39, 0.29) is 23.8 Å². The molecule has 3 N–H and O–H groups in total. The van der Waals surface area contributed by atoms with Gasteiger partial charge in [0.05, 0.1) is 17.5 Å². The van der Waals surface area contributed by atoms with Crippen LogP contribution in [-0.2, 0) is 22.4 Å². The molecular formula is C29H29ClN4O3. The van der Waals surface area contributed by atoms with Crippen molar-refractivity contribution < 1.29 is 9.59 Å². The molecule has 2 aromatic heterocycles. The zero-order valence-corrected chi connectivity index (χ0v) is 21.4. The van der Waals surface area contributed by atoms with Crippen LogP contribution in [0.4, 0.5) is 5.69 Å². The van der Waals surface area contributed by atoms with E-state index in [1.54, 1.807) is 42.3 Å². The Morgan fingerprint density at radius 2 is 1.86 bits per heavy atom. The number of aromatic nitrogens is 2. The molecule has 2 aliphatic rings. The molecule has 1 aromatic carbocycles. The van der Waals surface area contributed by atoms with Crippen molar-refractivity contribution in [1.29, 1.82) is 0 Å². The summed E-state index contributed by atoms with van der Waals surface area (Å²) in [4.78, 5) is 46.9. The Bertz CT molecular complexity index is 1490. The number of allylic oxidation sites excluding steroid dienone is 5. The first-order chi connectivity index (χ1) is 17.9. The maximum absolute atomic E-state index is 13.6. The van der Waals surface area contributed by atoms with E-state index in [9.17, 15) is 14.4 Å². The number of nitrogens with zero attached hydrogens (tertiary/aromatic N) is 1. The number of hydrogen-bond acceptors (Lipinski definition) is 3. The summed E-state index contributed by atoms with van der Waals surface area (Å²) in [5.74, 6) is -0.485. The lowest BCUT2D eigenvalue weighted by molar-refractivity contribution is -0.127. The highest BCUT2D eigenvalue weighted by molar-refractivity contribution is 6.30. The van der Waals surface area contributed by atoms with Crippen LogP contribution < -0.4 is 15.8 Å². The molecular weight excluding hydrogens is 488 g/mol. The van der Waals surface area contributed by atoms with E-state index < -0.39 is 6.04 Å². The minimum Gasteiger partial charge on any atom is -0.357 e. The molecule has 2 amide bonds. The molecule has 8 heteroatoms. The molecule has 0 spiro atoms. The third-order valence-corrected chi connectivity index (χ3v) is 7.26. The number of nitrogens with one attached hydrogen (secondary N) is 3. The number of pyridine rings is 1. The van der Waals surface area contributed by atoms with Gasteiger partial charge in [-0.2, -0.15) is 0 Å². The highest BCUT2D eigenvalue weighted by atomic mass is 35.5. The van der Waals surface area contributed by atoms with Gasteiger partial charge in [0.1, 0.15) is 6.04 Å². The number of fused-ring (bicyclic) bond motifs is 5. The summed E-state index contributed by atoms with van der Waals surface area (Å²) in [5.41, 5.74) is 5.93. The third-order valence-electron chi connectivity index (χ3n) is 7.01. The average molecular weight is 517 g/mol. The summed E-state index contributed by atoms with van der Waals surface area (Å²) < 4.78 is 0. The molecule has 5 rings (SSSR count). The Kier molecular flexibility index (Phi) is 7.15. The van der Waals surface area contributed by atoms with Crippen LogP contribution >= 0.6 is 11.6 Å². The van der Waals surface area contributed by atoms with Crippen molar-refractivity contribution in [2.75, 3.05) is 11.9 Å². The standard InChI is InChI=1S/C29H29ClN4O3/c1-34(21-12-10-20(30)11-13-21)29(37)25-16-19-6-2-4-18(8-9-19)5-3-7-23-22(17-27(36)32-25)28-24(31-23)14-15-26(35)33-28/h2,4,6,8,10-15,25,31H,3,5,7,9,16-17H2,1H3,(H,32,36)(H,33,35). The minimum absolute atomic E-state index is 0.0592. The van der Waals surface area contributed by atoms with Crippen LogP contribution in [0.1, 0.15) is 36.9 Å². The summed E-state index contributed by atoms with van der Waals surface area (Å²) in [6, 6.07) is 9.49. The number of H-pyrrole nitrogens is 2. The third kappa shape index (κ3) is 5.62. The highest BCUT2D eigenvalue weighted by Crippen LogP contribution is 2.26. The van der Waals surface area contributed by atoms with Gasteiger partial charge < -0.3 is 20.2 Å². The number of rotatable bonds is 2. The largest absolute Gasteiger partial charge is 0.357 e. The lowest BCUT2D eigenvalue weighted by Gasteiger charge is -2.26. The Morgan fingerprint density at radius 1 is 1.05 bits per heavy atom. The van der Waals surface area contributed by atoms with Gasteiger partial charge in [-0.15, -0.1) is 0 Å². The number of amides is 2. The second kappa shape index (κ2) is 10.6. The number of carbonyl (C=O) groups is 2. The van der Waals surface area contributed by atoms with Crippen molar-refractivity contribution >= 4 is 40.1 Å². The number of anilines is 1. The van der Waals surface area contributed by atoms with Crippen LogP contribution in [0.15, 0.2) is 76.6 Å². The lowest BCUT2D eigenvalue weighted by atomic mass is 9.98. The SMILES string of the molecule is CN(C(=O)C1CC2=CC=CC(=CC2)CCCc2[nH]c3ccc(=O)[nH]c3c2CC(=O)N1)c1ccc(Cl)cc1. The molecule has 7 nitrogen and oxygen atoms in total. The number of benzene rings is 1. The second-order valence-corrected chi connectivity index (χ2v) is 10.0. The van der Waals surface area contributed by atoms with E-state index >= 15 is 0 Å². The molecule has 0 radical (unpaired) electrons. The van der Waals surface area contributed by atoms with E-state index in [1.807, 2.05) is 12.2 Å². The van der Waals surface area contributed by atoms with Gasteiger partial charge in [-0.1, -0.05) is 47.1 Å². The van der Waals surface area contributed by atoms with Crippen LogP contribution in [0.3, 0.4) is 0 Å². The first-order valence-corrected chi connectivity index (χ1v) is 12.9. The smallest absolute Gasteiger partial charge is 0.249 e. The molecule has 1 aliphatic carbocycles. The molecule has 37 heavy (non-hydrogen) atoms. The summed E-state index contributed by atoms with van der Waals surface area (Å²) in [6.45, 7) is 0. The zero-order chi connectivity index (χ0) is 25.9. The minimum atomic E-state index is -0.751. The van der Waals surface area contributed by atoms with Crippen molar-refractivity contribution in [1.82, 2.24) is 15.3 Å². The van der Waals surface area contributed by atoms with E-state index in [0.717, 1.165) is 48.0 Å². The van der Waals surface area contributed by atoms with E-state index in [0.29, 0.717) is 22.6 Å². The molecule has 190 valence electrons. The number of halogens is 1. The lowest BCUT2D eigenvalue weighted by Crippen LogP contribution is -2.48. The van der Waals surface area contributed by atoms with Crippen LogP contribution in [0.2, 0.25) is 5.02 Å². The van der Waals surface area contributed by atoms with Crippen LogP contribution in [-0.4, -0.2) is 34.9 Å². The molecule has 1 atom stereocenters. The van der Waals surface area contributed by atoms with Gasteiger partial charge in [-0.25, -0.2) is 0 Å². The molecule has 2 bridgehead atoms. The van der Waals surface area contributed by atoms with Gasteiger partial charge in [0.2, 0.25) is 17.4 Å². The number of aromatic amines is 2. The number of likely N-dealkylation sites (N-methyl/N-ethyl adjacent to an activating group) is 1. The van der Waals surface area contributed by atoms with Crippen molar-refractivity contribution in [2.45, 2.75) is 44.6 Å². The predicted molar refractivity (Wildman–Crippen MR) is 147 cm³/mol. The van der Waals surface area contributed by atoms with Gasteiger partial charge in [-0.05, 0) is 62.4 Å². The van der Waals surface area contributed by atoms with Crippen molar-refractivity contribution in [3.05, 3.63) is 98.5 Å². The van der Waals surface area contributed by atoms with Gasteiger partial charge in [0.25, 0.3) is 0 Å². The summed E-state index contributed by atoms with van der Waals surface area (Å²) in [6.07, 6.45) is 12.1. The molecule has 1 unspecified atom stereocenters. The Labute approximate surface area is 219 Å². The van der Waals surface area contributed by atoms with Gasteiger partial charge in [-0.3, -0.25) is 14.4 Å². The summed E-state index contributed by atoms with van der Waals surface area (Å²) >= 11 is 6.03. The molecule has 0 saturated heterocycles. The quantitative estimate of drug-likeness (QED) is 0.459. The topological polar surface area (TPSA) is 98.1 Å². The molecule has 1 aliphatic heterocycles. The monoisotopic (exact) mass is 516 g/mol. The fraction of sp³-hybridized carbons (Fsp3) is 0.276. The first kappa shape index (κ1) is 24.8. The summed E-state index contributed by atoms with van der Waals surface area (Å²) in [5, 5.41) is 3.58. The van der Waals surface area contributed by atoms with Crippen LogP contribution in [0, 0.1) is 0 Å². The van der Waals surface area contributed by atoms with E-state index in [4.69, 9.17) is 11.6 Å². The van der Waals surface area contributed by atoms with Crippen molar-refractivity contribution in [2.24, 2.45) is 0 Å². The van der Waals surface area contributed by atoms with E-state index in [2.05, 4.69) is 27.4 Å². The van der Waals surface area contributed by atoms with Gasteiger partial charge in [0.15, 0.2) is 0 Å². The molecule has 0 fully saturated rings. The fourth-order valence-electron chi connectivity index (χ4n) is 5.02. The van der Waals surface area contributed by atoms with Gasteiger partial charge in [0, 0.05) is 35.1 Å². The molecule has 3 aromatic rings.